The molecule has 0 spiro atoms. The van der Waals surface area contributed by atoms with Crippen molar-refractivity contribution in [2.24, 2.45) is 0 Å². The van der Waals surface area contributed by atoms with Crippen LogP contribution in [-0.4, -0.2) is 10.9 Å². The van der Waals surface area contributed by atoms with Crippen molar-refractivity contribution >= 4 is 11.7 Å². The Kier molecular flexibility index (Phi) is 6.02. The Hall–Kier alpha value is -4.69. The molecule has 0 saturated heterocycles. The fourth-order valence-electron chi connectivity index (χ4n) is 2.63. The van der Waals surface area contributed by atoms with Gasteiger partial charge >= 0.3 is 5.97 Å². The van der Waals surface area contributed by atoms with E-state index in [0.717, 1.165) is 0 Å². The molecule has 8 nitrogen and oxygen atoms in total. The van der Waals surface area contributed by atoms with E-state index < -0.39 is 10.9 Å². The van der Waals surface area contributed by atoms with Crippen LogP contribution in [-0.2, 0) is 11.3 Å². The van der Waals surface area contributed by atoms with E-state index in [0.29, 0.717) is 5.56 Å². The summed E-state index contributed by atoms with van der Waals surface area (Å²) in [5.41, 5.74) is 0.873. The molecule has 0 N–H and O–H groups in total. The summed E-state index contributed by atoms with van der Waals surface area (Å²) in [5.74, 6) is -0.164. The molecule has 0 aliphatic heterocycles. The van der Waals surface area contributed by atoms with Gasteiger partial charge in [-0.2, -0.15) is 10.5 Å². The molecule has 0 aromatic heterocycles. The van der Waals surface area contributed by atoms with Crippen LogP contribution in [0.3, 0.4) is 0 Å². The van der Waals surface area contributed by atoms with Crippen LogP contribution >= 0.6 is 0 Å². The third-order valence-electron chi connectivity index (χ3n) is 4.05. The Balaban J connectivity index is 1.74. The van der Waals surface area contributed by atoms with Crippen molar-refractivity contribution in [2.75, 3.05) is 0 Å². The number of benzene rings is 3. The summed E-state index contributed by atoms with van der Waals surface area (Å²) in [6.07, 6.45) is 0. The van der Waals surface area contributed by atoms with Crippen LogP contribution in [0.15, 0.2) is 66.7 Å². The molecular weight excluding hydrogens is 386 g/mol. The van der Waals surface area contributed by atoms with E-state index in [1.165, 1.54) is 36.4 Å². The van der Waals surface area contributed by atoms with Crippen LogP contribution in [0.1, 0.15) is 27.0 Å². The van der Waals surface area contributed by atoms with Gasteiger partial charge in [0.05, 0.1) is 16.1 Å². The van der Waals surface area contributed by atoms with Crippen molar-refractivity contribution < 1.29 is 19.2 Å². The molecule has 0 aliphatic rings. The first-order chi connectivity index (χ1) is 14.5. The monoisotopic (exact) mass is 399 g/mol. The normalized spacial score (nSPS) is 9.80. The maximum atomic E-state index is 12.4. The molecule has 30 heavy (non-hydrogen) atoms. The van der Waals surface area contributed by atoms with Gasteiger partial charge in [0.2, 0.25) is 0 Å². The van der Waals surface area contributed by atoms with E-state index in [9.17, 15) is 20.2 Å². The average molecular weight is 399 g/mol. The van der Waals surface area contributed by atoms with Gasteiger partial charge in [0.25, 0.3) is 5.69 Å². The van der Waals surface area contributed by atoms with E-state index in [1.807, 2.05) is 12.1 Å². The number of non-ortho nitro benzene ring substituents is 1. The number of carbonyl (C=O) groups is 1. The molecule has 0 aliphatic carbocycles. The summed E-state index contributed by atoms with van der Waals surface area (Å²) in [4.78, 5) is 22.7. The van der Waals surface area contributed by atoms with E-state index in [-0.39, 0.29) is 40.5 Å². The van der Waals surface area contributed by atoms with Gasteiger partial charge in [-0.05, 0) is 35.9 Å². The summed E-state index contributed by atoms with van der Waals surface area (Å²) in [6, 6.07) is 20.5. The summed E-state index contributed by atoms with van der Waals surface area (Å²) in [7, 11) is 0. The molecule has 0 radical (unpaired) electrons. The lowest BCUT2D eigenvalue weighted by molar-refractivity contribution is -0.384. The van der Waals surface area contributed by atoms with Crippen LogP contribution in [0.25, 0.3) is 0 Å². The molecule has 8 heteroatoms. The molecule has 3 rings (SSSR count). The molecule has 0 saturated carbocycles. The molecule has 0 fully saturated rings. The second-order valence-electron chi connectivity index (χ2n) is 6.04. The van der Waals surface area contributed by atoms with Crippen LogP contribution < -0.4 is 4.74 Å². The van der Waals surface area contributed by atoms with Gasteiger partial charge in [0.15, 0.2) is 0 Å². The van der Waals surface area contributed by atoms with E-state index in [1.54, 1.807) is 30.3 Å². The minimum Gasteiger partial charge on any atom is -0.457 e. The first kappa shape index (κ1) is 20.1. The molecular formula is C22H13N3O5. The largest absolute Gasteiger partial charge is 0.457 e. The molecule has 3 aromatic rings. The standard InChI is InChI=1S/C22H13N3O5/c23-12-17-6-3-9-21(20(17)13-24)30-19-8-2-5-16(11-19)22(26)29-14-15-4-1-7-18(10-15)25(27)28/h1-11H,14H2. The molecule has 3 aromatic carbocycles. The van der Waals surface area contributed by atoms with Crippen molar-refractivity contribution in [2.45, 2.75) is 6.61 Å². The Bertz CT molecular complexity index is 1210. The smallest absolute Gasteiger partial charge is 0.338 e. The van der Waals surface area contributed by atoms with E-state index in [2.05, 4.69) is 0 Å². The highest BCUT2D eigenvalue weighted by molar-refractivity contribution is 5.89. The van der Waals surface area contributed by atoms with Gasteiger partial charge in [-0.25, -0.2) is 4.79 Å². The predicted molar refractivity (Wildman–Crippen MR) is 105 cm³/mol. The number of ether oxygens (including phenoxy) is 2. The predicted octanol–water partition coefficient (Wildman–Crippen LogP) is 4.49. The van der Waals surface area contributed by atoms with Gasteiger partial charge in [-0.15, -0.1) is 0 Å². The number of hydrogen-bond acceptors (Lipinski definition) is 7. The summed E-state index contributed by atoms with van der Waals surface area (Å²) in [6.45, 7) is -0.131. The SMILES string of the molecule is N#Cc1cccc(Oc2cccc(C(=O)OCc3cccc([N+](=O)[O-])c3)c2)c1C#N. The highest BCUT2D eigenvalue weighted by Gasteiger charge is 2.13. The molecule has 0 amide bonds. The maximum absolute atomic E-state index is 12.4. The van der Waals surface area contributed by atoms with Crippen LogP contribution in [0.5, 0.6) is 11.5 Å². The first-order valence-electron chi connectivity index (χ1n) is 8.63. The lowest BCUT2D eigenvalue weighted by atomic mass is 10.1. The topological polar surface area (TPSA) is 126 Å². The second-order valence-corrected chi connectivity index (χ2v) is 6.04. The summed E-state index contributed by atoms with van der Waals surface area (Å²) in [5, 5.41) is 29.2. The number of esters is 1. The number of hydrogen-bond donors (Lipinski definition) is 0. The van der Waals surface area contributed by atoms with Crippen molar-refractivity contribution in [3.05, 3.63) is 99.1 Å². The zero-order chi connectivity index (χ0) is 21.5. The van der Waals surface area contributed by atoms with E-state index >= 15 is 0 Å². The number of carbonyl (C=O) groups excluding carboxylic acids is 1. The van der Waals surface area contributed by atoms with Gasteiger partial charge in [0.1, 0.15) is 35.8 Å². The van der Waals surface area contributed by atoms with E-state index in [4.69, 9.17) is 14.7 Å². The summed E-state index contributed by atoms with van der Waals surface area (Å²) < 4.78 is 10.9. The fraction of sp³-hybridized carbons (Fsp3) is 0.0455. The minimum absolute atomic E-state index is 0.0909. The zero-order valence-corrected chi connectivity index (χ0v) is 15.4. The van der Waals surface area contributed by atoms with Crippen LogP contribution in [0.4, 0.5) is 5.69 Å². The molecule has 146 valence electrons. The number of nitriles is 2. The minimum atomic E-state index is -0.641. The third kappa shape index (κ3) is 4.58. The highest BCUT2D eigenvalue weighted by Crippen LogP contribution is 2.28. The Labute approximate surface area is 171 Å². The lowest BCUT2D eigenvalue weighted by Gasteiger charge is -2.10. The van der Waals surface area contributed by atoms with Gasteiger partial charge in [-0.1, -0.05) is 24.3 Å². The van der Waals surface area contributed by atoms with Crippen molar-refractivity contribution in [1.29, 1.82) is 10.5 Å². The quantitative estimate of drug-likeness (QED) is 0.339. The lowest BCUT2D eigenvalue weighted by Crippen LogP contribution is -2.05. The van der Waals surface area contributed by atoms with Gasteiger partial charge < -0.3 is 9.47 Å². The van der Waals surface area contributed by atoms with Crippen LogP contribution in [0.2, 0.25) is 0 Å². The summed E-state index contributed by atoms with van der Waals surface area (Å²) >= 11 is 0. The van der Waals surface area contributed by atoms with Crippen LogP contribution in [0, 0.1) is 32.8 Å². The third-order valence-corrected chi connectivity index (χ3v) is 4.05. The zero-order valence-electron chi connectivity index (χ0n) is 15.4. The molecule has 0 atom stereocenters. The van der Waals surface area contributed by atoms with Gasteiger partial charge in [-0.3, -0.25) is 10.1 Å². The number of nitro groups is 1. The molecule has 0 unspecified atom stereocenters. The second kappa shape index (κ2) is 9.00. The fourth-order valence-corrected chi connectivity index (χ4v) is 2.63. The maximum Gasteiger partial charge on any atom is 0.338 e. The Morgan fingerprint density at radius 2 is 1.77 bits per heavy atom. The highest BCUT2D eigenvalue weighted by atomic mass is 16.6. The molecule has 0 heterocycles. The Morgan fingerprint density at radius 3 is 2.50 bits per heavy atom. The number of nitro benzene ring substituents is 1. The average Bonchev–Trinajstić information content (AvgIpc) is 2.77. The first-order valence-corrected chi connectivity index (χ1v) is 8.63. The van der Waals surface area contributed by atoms with Crippen molar-refractivity contribution in [3.63, 3.8) is 0 Å². The van der Waals surface area contributed by atoms with Crippen molar-refractivity contribution in [1.82, 2.24) is 0 Å². The molecule has 0 bridgehead atoms. The Morgan fingerprint density at radius 1 is 1.00 bits per heavy atom. The van der Waals surface area contributed by atoms with Gasteiger partial charge in [0, 0.05) is 12.1 Å². The number of rotatable bonds is 6. The van der Waals surface area contributed by atoms with Crippen molar-refractivity contribution in [3.8, 4) is 23.6 Å². The number of nitrogens with zero attached hydrogens (tertiary/aromatic N) is 3.